The molecule has 0 amide bonds. The van der Waals surface area contributed by atoms with E-state index in [1.54, 1.807) is 0 Å². The molecule has 12 heavy (non-hydrogen) atoms. The van der Waals surface area contributed by atoms with Gasteiger partial charge in [0.05, 0.1) is 13.2 Å². The van der Waals surface area contributed by atoms with Gasteiger partial charge in [-0.3, -0.25) is 0 Å². The van der Waals surface area contributed by atoms with Gasteiger partial charge in [-0.1, -0.05) is 27.7 Å². The molecule has 2 nitrogen and oxygen atoms in total. The molecular weight excluding hydrogens is 152 g/mol. The van der Waals surface area contributed by atoms with E-state index < -0.39 is 0 Å². The van der Waals surface area contributed by atoms with Crippen molar-refractivity contribution in [1.29, 1.82) is 0 Å². The molecule has 0 bridgehead atoms. The van der Waals surface area contributed by atoms with Gasteiger partial charge in [0, 0.05) is 5.41 Å². The summed E-state index contributed by atoms with van der Waals surface area (Å²) in [5.41, 5.74) is -0.284. The van der Waals surface area contributed by atoms with Crippen LogP contribution >= 0.6 is 0 Å². The fourth-order valence-corrected chi connectivity index (χ4v) is 1.59. The molecule has 0 heterocycles. The lowest BCUT2D eigenvalue weighted by atomic mass is 9.73. The van der Waals surface area contributed by atoms with Gasteiger partial charge in [-0.25, -0.2) is 0 Å². The molecule has 0 radical (unpaired) electrons. The Morgan fingerprint density at radius 2 is 1.42 bits per heavy atom. The molecule has 0 spiro atoms. The number of aliphatic hydroxyl groups excluding tert-OH is 2. The lowest BCUT2D eigenvalue weighted by Gasteiger charge is -2.35. The summed E-state index contributed by atoms with van der Waals surface area (Å²) in [6.07, 6.45) is 0.887. The van der Waals surface area contributed by atoms with Crippen molar-refractivity contribution in [2.45, 2.75) is 34.1 Å². The van der Waals surface area contributed by atoms with E-state index >= 15 is 0 Å². The van der Waals surface area contributed by atoms with Crippen molar-refractivity contribution >= 4 is 0 Å². The van der Waals surface area contributed by atoms with E-state index in [1.807, 2.05) is 0 Å². The van der Waals surface area contributed by atoms with E-state index in [1.165, 1.54) is 0 Å². The zero-order valence-corrected chi connectivity index (χ0v) is 8.67. The Morgan fingerprint density at radius 1 is 1.00 bits per heavy atom. The average molecular weight is 174 g/mol. The molecular formula is C10H22O2. The van der Waals surface area contributed by atoms with Crippen molar-refractivity contribution in [3.05, 3.63) is 0 Å². The highest BCUT2D eigenvalue weighted by molar-refractivity contribution is 4.82. The number of hydrogen-bond donors (Lipinski definition) is 2. The second kappa shape index (κ2) is 4.83. The average Bonchev–Trinajstić information content (AvgIpc) is 1.99. The number of rotatable bonds is 5. The van der Waals surface area contributed by atoms with Crippen LogP contribution in [0.15, 0.2) is 0 Å². The monoisotopic (exact) mass is 174 g/mol. The third kappa shape index (κ3) is 2.76. The summed E-state index contributed by atoms with van der Waals surface area (Å²) >= 11 is 0. The molecule has 0 fully saturated rings. The first-order chi connectivity index (χ1) is 5.48. The van der Waals surface area contributed by atoms with Crippen LogP contribution in [0.1, 0.15) is 34.1 Å². The molecule has 0 atom stereocenters. The van der Waals surface area contributed by atoms with E-state index in [0.29, 0.717) is 11.8 Å². The van der Waals surface area contributed by atoms with Crippen LogP contribution in [0.5, 0.6) is 0 Å². The van der Waals surface area contributed by atoms with E-state index in [-0.39, 0.29) is 18.6 Å². The van der Waals surface area contributed by atoms with Gasteiger partial charge in [-0.05, 0) is 18.3 Å². The summed E-state index contributed by atoms with van der Waals surface area (Å²) in [5, 5.41) is 18.5. The third-order valence-corrected chi connectivity index (χ3v) is 2.67. The first kappa shape index (κ1) is 11.9. The van der Waals surface area contributed by atoms with E-state index in [9.17, 15) is 10.2 Å². The highest BCUT2D eigenvalue weighted by Crippen LogP contribution is 2.33. The Labute approximate surface area is 75.6 Å². The quantitative estimate of drug-likeness (QED) is 0.665. The van der Waals surface area contributed by atoms with Crippen LogP contribution in [0.2, 0.25) is 0 Å². The van der Waals surface area contributed by atoms with Gasteiger partial charge in [0.15, 0.2) is 0 Å². The van der Waals surface area contributed by atoms with Crippen LogP contribution in [0.25, 0.3) is 0 Å². The predicted molar refractivity (Wildman–Crippen MR) is 50.9 cm³/mol. The predicted octanol–water partition coefficient (Wildman–Crippen LogP) is 1.66. The minimum Gasteiger partial charge on any atom is -0.396 e. The second-order valence-electron chi connectivity index (χ2n) is 4.43. The van der Waals surface area contributed by atoms with Crippen molar-refractivity contribution in [3.8, 4) is 0 Å². The molecule has 0 saturated heterocycles. The largest absolute Gasteiger partial charge is 0.396 e. The molecule has 74 valence electrons. The van der Waals surface area contributed by atoms with Gasteiger partial charge in [0.25, 0.3) is 0 Å². The maximum Gasteiger partial charge on any atom is 0.0511 e. The van der Waals surface area contributed by atoms with Crippen molar-refractivity contribution in [3.63, 3.8) is 0 Å². The van der Waals surface area contributed by atoms with Crippen molar-refractivity contribution in [1.82, 2.24) is 0 Å². The minimum atomic E-state index is -0.284. The molecule has 0 aliphatic heterocycles. The smallest absolute Gasteiger partial charge is 0.0511 e. The van der Waals surface area contributed by atoms with Gasteiger partial charge >= 0.3 is 0 Å². The standard InChI is InChI=1S/C10H22O2/c1-8(2)5-10(6-11,7-12)9(3)4/h8-9,11-12H,5-7H2,1-4H3. The highest BCUT2D eigenvalue weighted by atomic mass is 16.3. The Morgan fingerprint density at radius 3 is 1.50 bits per heavy atom. The van der Waals surface area contributed by atoms with Crippen LogP contribution in [0.4, 0.5) is 0 Å². The van der Waals surface area contributed by atoms with Crippen LogP contribution < -0.4 is 0 Å². The Hall–Kier alpha value is -0.0800. The summed E-state index contributed by atoms with van der Waals surface area (Å²) in [4.78, 5) is 0. The van der Waals surface area contributed by atoms with Crippen LogP contribution in [-0.2, 0) is 0 Å². The van der Waals surface area contributed by atoms with E-state index in [0.717, 1.165) is 6.42 Å². The highest BCUT2D eigenvalue weighted by Gasteiger charge is 2.32. The van der Waals surface area contributed by atoms with Crippen LogP contribution in [-0.4, -0.2) is 23.4 Å². The summed E-state index contributed by atoms with van der Waals surface area (Å²) < 4.78 is 0. The lowest BCUT2D eigenvalue weighted by Crippen LogP contribution is -2.36. The number of aliphatic hydroxyl groups is 2. The van der Waals surface area contributed by atoms with Crippen molar-refractivity contribution < 1.29 is 10.2 Å². The maximum absolute atomic E-state index is 9.24. The zero-order valence-electron chi connectivity index (χ0n) is 8.67. The SMILES string of the molecule is CC(C)CC(CO)(CO)C(C)C. The van der Waals surface area contributed by atoms with Gasteiger partial charge in [0.1, 0.15) is 0 Å². The Bertz CT molecular complexity index is 115. The molecule has 0 aromatic rings. The molecule has 2 heteroatoms. The van der Waals surface area contributed by atoms with E-state index in [4.69, 9.17) is 0 Å². The second-order valence-corrected chi connectivity index (χ2v) is 4.43. The Balaban J connectivity index is 4.35. The normalized spacial score (nSPS) is 13.0. The first-order valence-electron chi connectivity index (χ1n) is 4.70. The topological polar surface area (TPSA) is 40.5 Å². The fraction of sp³-hybridized carbons (Fsp3) is 1.00. The number of hydrogen-bond acceptors (Lipinski definition) is 2. The van der Waals surface area contributed by atoms with Gasteiger partial charge in [-0.15, -0.1) is 0 Å². The van der Waals surface area contributed by atoms with Crippen LogP contribution in [0, 0.1) is 17.3 Å². The first-order valence-corrected chi connectivity index (χ1v) is 4.70. The summed E-state index contributed by atoms with van der Waals surface area (Å²) in [6, 6.07) is 0. The summed E-state index contributed by atoms with van der Waals surface area (Å²) in [6.45, 7) is 8.49. The minimum absolute atomic E-state index is 0.0827. The lowest BCUT2D eigenvalue weighted by molar-refractivity contribution is -0.000695. The zero-order chi connectivity index (χ0) is 9.78. The van der Waals surface area contributed by atoms with Crippen molar-refractivity contribution in [2.75, 3.05) is 13.2 Å². The maximum atomic E-state index is 9.24. The summed E-state index contributed by atoms with van der Waals surface area (Å²) in [5.74, 6) is 0.849. The van der Waals surface area contributed by atoms with Gasteiger partial charge in [0.2, 0.25) is 0 Å². The van der Waals surface area contributed by atoms with Gasteiger partial charge in [-0.2, -0.15) is 0 Å². The molecule has 2 N–H and O–H groups in total. The molecule has 0 unspecified atom stereocenters. The van der Waals surface area contributed by atoms with Crippen molar-refractivity contribution in [2.24, 2.45) is 17.3 Å². The molecule has 0 rings (SSSR count). The molecule has 0 aliphatic rings. The van der Waals surface area contributed by atoms with E-state index in [2.05, 4.69) is 27.7 Å². The molecule has 0 aromatic carbocycles. The third-order valence-electron chi connectivity index (χ3n) is 2.67. The van der Waals surface area contributed by atoms with Crippen LogP contribution in [0.3, 0.4) is 0 Å². The molecule has 0 saturated carbocycles. The fourth-order valence-electron chi connectivity index (χ4n) is 1.59. The summed E-state index contributed by atoms with van der Waals surface area (Å²) in [7, 11) is 0. The molecule has 0 aromatic heterocycles. The van der Waals surface area contributed by atoms with Gasteiger partial charge < -0.3 is 10.2 Å². The Kier molecular flexibility index (Phi) is 4.80. The molecule has 0 aliphatic carbocycles.